The molecule has 4 aliphatic rings. The minimum atomic E-state index is -0.0913. The first-order chi connectivity index (χ1) is 15.2. The summed E-state index contributed by atoms with van der Waals surface area (Å²) in [6, 6.07) is 0. The van der Waals surface area contributed by atoms with Crippen LogP contribution in [0.1, 0.15) is 85.0 Å². The monoisotopic (exact) mass is 448 g/mol. The fourth-order valence-corrected chi connectivity index (χ4v) is 8.94. The Labute approximate surface area is 194 Å². The zero-order chi connectivity index (χ0) is 23.1. The molecule has 0 spiro atoms. The predicted molar refractivity (Wildman–Crippen MR) is 123 cm³/mol. The van der Waals surface area contributed by atoms with E-state index < -0.39 is 0 Å². The molecule has 5 heteroatoms. The smallest absolute Gasteiger partial charge is 0.305 e. The molecule has 4 fully saturated rings. The molecule has 0 aromatic rings. The minimum Gasteiger partial charge on any atom is -0.469 e. The van der Waals surface area contributed by atoms with Gasteiger partial charge >= 0.3 is 5.97 Å². The molecule has 9 atom stereocenters. The van der Waals surface area contributed by atoms with Gasteiger partial charge in [0.2, 0.25) is 0 Å². The van der Waals surface area contributed by atoms with Crippen LogP contribution in [0.4, 0.5) is 0 Å². The topological polar surface area (TPSA) is 61.8 Å². The van der Waals surface area contributed by atoms with E-state index in [0.29, 0.717) is 59.9 Å². The lowest BCUT2D eigenvalue weighted by Gasteiger charge is -2.62. The van der Waals surface area contributed by atoms with Crippen LogP contribution in [0.3, 0.4) is 0 Å². The first kappa shape index (κ1) is 24.2. The van der Waals surface area contributed by atoms with E-state index in [4.69, 9.17) is 14.2 Å². The van der Waals surface area contributed by atoms with Gasteiger partial charge in [-0.2, -0.15) is 0 Å². The molecule has 5 nitrogen and oxygen atoms in total. The molecule has 0 unspecified atom stereocenters. The highest BCUT2D eigenvalue weighted by atomic mass is 16.7. The summed E-state index contributed by atoms with van der Waals surface area (Å²) in [6.45, 7) is 7.71. The standard InChI is InChI=1S/C27H44O5/c1-17(6-9-24(29)31-5)20-7-8-21-25-22(11-13-27(20,21)3)26(2)12-10-19(28)14-18(26)15-23(25)32-16-30-4/h17-18,20-23,25H,6-16H2,1-5H3/t17-,18+,20-,21+,22+,23-,25+,26+,27-/m1/s1. The summed E-state index contributed by atoms with van der Waals surface area (Å²) in [6.07, 6.45) is 10.2. The summed E-state index contributed by atoms with van der Waals surface area (Å²) in [4.78, 5) is 24.1. The lowest BCUT2D eigenvalue weighted by atomic mass is 9.43. The summed E-state index contributed by atoms with van der Waals surface area (Å²) >= 11 is 0. The van der Waals surface area contributed by atoms with Crippen molar-refractivity contribution in [3.63, 3.8) is 0 Å². The average molecular weight is 449 g/mol. The van der Waals surface area contributed by atoms with Crippen LogP contribution in [0, 0.1) is 46.3 Å². The molecule has 0 saturated heterocycles. The van der Waals surface area contributed by atoms with Crippen molar-refractivity contribution < 1.29 is 23.8 Å². The summed E-state index contributed by atoms with van der Waals surface area (Å²) in [7, 11) is 3.19. The van der Waals surface area contributed by atoms with Crippen molar-refractivity contribution in [1.29, 1.82) is 0 Å². The van der Waals surface area contributed by atoms with Gasteiger partial charge in [-0.1, -0.05) is 20.8 Å². The van der Waals surface area contributed by atoms with Crippen LogP contribution in [0.25, 0.3) is 0 Å². The Balaban J connectivity index is 1.58. The molecule has 0 radical (unpaired) electrons. The number of Topliss-reactive ketones (excluding diaryl/α,β-unsaturated/α-hetero) is 1. The van der Waals surface area contributed by atoms with E-state index >= 15 is 0 Å². The van der Waals surface area contributed by atoms with Crippen molar-refractivity contribution in [1.82, 2.24) is 0 Å². The highest BCUT2D eigenvalue weighted by molar-refractivity contribution is 5.79. The SMILES string of the molecule is COCO[C@@H]1C[C@@H]2CC(=O)CC[C@]2(C)[C@H]2CC[C@]3(C)[C@@H]([C@H](C)CCC(=O)OC)CC[C@H]3[C@H]12. The van der Waals surface area contributed by atoms with E-state index in [1.54, 1.807) is 7.11 Å². The first-order valence-electron chi connectivity index (χ1n) is 12.9. The molecule has 0 aromatic heterocycles. The molecular weight excluding hydrogens is 404 g/mol. The van der Waals surface area contributed by atoms with Gasteiger partial charge in [0, 0.05) is 26.4 Å². The number of fused-ring (bicyclic) bond motifs is 5. The van der Waals surface area contributed by atoms with Crippen LogP contribution in [0.5, 0.6) is 0 Å². The number of rotatable bonds is 7. The Bertz CT molecular complexity index is 706. The van der Waals surface area contributed by atoms with Crippen LogP contribution in [0.15, 0.2) is 0 Å². The normalized spacial score (nSPS) is 44.3. The molecule has 182 valence electrons. The van der Waals surface area contributed by atoms with E-state index in [1.165, 1.54) is 32.8 Å². The van der Waals surface area contributed by atoms with Gasteiger partial charge in [-0.3, -0.25) is 9.59 Å². The second-order valence-electron chi connectivity index (χ2n) is 11.9. The second-order valence-corrected chi connectivity index (χ2v) is 11.9. The van der Waals surface area contributed by atoms with E-state index in [1.807, 2.05) is 0 Å². The quantitative estimate of drug-likeness (QED) is 0.385. The maximum absolute atomic E-state index is 12.3. The zero-order valence-electron chi connectivity index (χ0n) is 20.9. The van der Waals surface area contributed by atoms with Crippen molar-refractivity contribution in [2.75, 3.05) is 21.0 Å². The van der Waals surface area contributed by atoms with Gasteiger partial charge in [-0.15, -0.1) is 0 Å². The third-order valence-corrected chi connectivity index (χ3v) is 10.7. The lowest BCUT2D eigenvalue weighted by molar-refractivity contribution is -0.201. The van der Waals surface area contributed by atoms with Gasteiger partial charge in [-0.05, 0) is 91.3 Å². The number of carbonyl (C=O) groups is 2. The number of carbonyl (C=O) groups excluding carboxylic acids is 2. The summed E-state index contributed by atoms with van der Waals surface area (Å²) in [5.74, 6) is 3.83. The van der Waals surface area contributed by atoms with Crippen molar-refractivity contribution >= 4 is 11.8 Å². The third kappa shape index (κ3) is 4.06. The van der Waals surface area contributed by atoms with Crippen molar-refractivity contribution in [3.8, 4) is 0 Å². The molecule has 0 N–H and O–H groups in total. The molecule has 32 heavy (non-hydrogen) atoms. The molecular formula is C27H44O5. The Hall–Kier alpha value is -0.940. The molecule has 4 saturated carbocycles. The summed E-state index contributed by atoms with van der Waals surface area (Å²) < 4.78 is 16.6. The van der Waals surface area contributed by atoms with Gasteiger partial charge in [-0.25, -0.2) is 0 Å². The lowest BCUT2D eigenvalue weighted by Crippen LogP contribution is -2.59. The van der Waals surface area contributed by atoms with Gasteiger partial charge in [0.25, 0.3) is 0 Å². The number of ketones is 1. The minimum absolute atomic E-state index is 0.0913. The number of ether oxygens (including phenoxy) is 3. The number of hydrogen-bond donors (Lipinski definition) is 0. The van der Waals surface area contributed by atoms with Gasteiger partial charge < -0.3 is 14.2 Å². The van der Waals surface area contributed by atoms with E-state index in [0.717, 1.165) is 32.1 Å². The maximum Gasteiger partial charge on any atom is 0.305 e. The molecule has 4 rings (SSSR count). The van der Waals surface area contributed by atoms with Crippen molar-refractivity contribution in [2.24, 2.45) is 46.3 Å². The van der Waals surface area contributed by atoms with Crippen LogP contribution >= 0.6 is 0 Å². The van der Waals surface area contributed by atoms with Crippen LogP contribution in [0.2, 0.25) is 0 Å². The third-order valence-electron chi connectivity index (χ3n) is 10.7. The number of methoxy groups -OCH3 is 2. The van der Waals surface area contributed by atoms with Crippen LogP contribution in [-0.2, 0) is 23.8 Å². The highest BCUT2D eigenvalue weighted by Crippen LogP contribution is 2.68. The zero-order valence-corrected chi connectivity index (χ0v) is 20.9. The number of hydrogen-bond acceptors (Lipinski definition) is 5. The average Bonchev–Trinajstić information content (AvgIpc) is 3.13. The fourth-order valence-electron chi connectivity index (χ4n) is 8.94. The molecule has 0 aliphatic heterocycles. The molecule has 0 heterocycles. The van der Waals surface area contributed by atoms with Crippen molar-refractivity contribution in [2.45, 2.75) is 91.1 Å². The maximum atomic E-state index is 12.3. The molecule has 0 aromatic carbocycles. The summed E-state index contributed by atoms with van der Waals surface area (Å²) in [5.41, 5.74) is 0.570. The van der Waals surface area contributed by atoms with Gasteiger partial charge in [0.1, 0.15) is 12.6 Å². The molecule has 0 bridgehead atoms. The Morgan fingerprint density at radius 2 is 1.84 bits per heavy atom. The fraction of sp³-hybridized carbons (Fsp3) is 0.926. The highest BCUT2D eigenvalue weighted by Gasteiger charge is 2.63. The van der Waals surface area contributed by atoms with E-state index in [-0.39, 0.29) is 17.5 Å². The predicted octanol–water partition coefficient (Wildman–Crippen LogP) is 5.40. The first-order valence-corrected chi connectivity index (χ1v) is 12.9. The molecule has 4 aliphatic carbocycles. The van der Waals surface area contributed by atoms with Crippen molar-refractivity contribution in [3.05, 3.63) is 0 Å². The molecule has 0 amide bonds. The Morgan fingerprint density at radius 3 is 2.56 bits per heavy atom. The number of esters is 1. The van der Waals surface area contributed by atoms with Crippen LogP contribution < -0.4 is 0 Å². The van der Waals surface area contributed by atoms with E-state index in [2.05, 4.69) is 20.8 Å². The Kier molecular flexibility index (Phi) is 7.08. The second kappa shape index (κ2) is 9.37. The largest absolute Gasteiger partial charge is 0.469 e. The van der Waals surface area contributed by atoms with E-state index in [9.17, 15) is 9.59 Å². The van der Waals surface area contributed by atoms with Crippen LogP contribution in [-0.4, -0.2) is 38.9 Å². The van der Waals surface area contributed by atoms with Gasteiger partial charge in [0.15, 0.2) is 0 Å². The van der Waals surface area contributed by atoms with Gasteiger partial charge in [0.05, 0.1) is 13.2 Å². The summed E-state index contributed by atoms with van der Waals surface area (Å²) in [5, 5.41) is 0. The Morgan fingerprint density at radius 1 is 1.09 bits per heavy atom.